The van der Waals surface area contributed by atoms with Gasteiger partial charge in [-0.3, -0.25) is 9.59 Å². The highest BCUT2D eigenvalue weighted by atomic mass is 16.2. The van der Waals surface area contributed by atoms with Crippen LogP contribution in [0.5, 0.6) is 0 Å². The highest BCUT2D eigenvalue weighted by Gasteiger charge is 2.31. The van der Waals surface area contributed by atoms with Crippen LogP contribution in [-0.4, -0.2) is 18.9 Å². The standard InChI is InChI=1S/C22H23N3O2/c1-25(20-8-3-2-4-9-20)22(27)18-12-10-17(11-13-18)21(26)24-19-7-5-6-16(14-19)15-23/h2-9,14,17-18H,10-13H2,1H3,(H,24,26). The summed E-state index contributed by atoms with van der Waals surface area (Å²) in [5.41, 5.74) is 2.05. The van der Waals surface area contributed by atoms with Crippen LogP contribution in [0.25, 0.3) is 0 Å². The van der Waals surface area contributed by atoms with Crippen molar-refractivity contribution in [2.24, 2.45) is 11.8 Å². The summed E-state index contributed by atoms with van der Waals surface area (Å²) in [6.07, 6.45) is 2.82. The first-order valence-electron chi connectivity index (χ1n) is 9.22. The van der Waals surface area contributed by atoms with Crippen molar-refractivity contribution in [1.82, 2.24) is 0 Å². The molecule has 2 amide bonds. The molecule has 27 heavy (non-hydrogen) atoms. The molecule has 3 rings (SSSR count). The van der Waals surface area contributed by atoms with Gasteiger partial charge in [-0.15, -0.1) is 0 Å². The van der Waals surface area contributed by atoms with E-state index in [0.717, 1.165) is 5.69 Å². The number of benzene rings is 2. The number of carbonyl (C=O) groups is 2. The van der Waals surface area contributed by atoms with Crippen molar-refractivity contribution in [2.45, 2.75) is 25.7 Å². The molecule has 1 saturated carbocycles. The van der Waals surface area contributed by atoms with Crippen LogP contribution < -0.4 is 10.2 Å². The van der Waals surface area contributed by atoms with E-state index in [1.54, 1.807) is 36.2 Å². The number of carbonyl (C=O) groups excluding carboxylic acids is 2. The Kier molecular flexibility index (Phi) is 5.87. The number of nitrogens with one attached hydrogen (secondary N) is 1. The van der Waals surface area contributed by atoms with Crippen LogP contribution in [0.4, 0.5) is 11.4 Å². The molecule has 1 N–H and O–H groups in total. The molecule has 1 fully saturated rings. The van der Waals surface area contributed by atoms with E-state index in [2.05, 4.69) is 11.4 Å². The largest absolute Gasteiger partial charge is 0.326 e. The van der Waals surface area contributed by atoms with Gasteiger partial charge in [0.1, 0.15) is 0 Å². The highest BCUT2D eigenvalue weighted by Crippen LogP contribution is 2.31. The van der Waals surface area contributed by atoms with E-state index in [4.69, 9.17) is 5.26 Å². The molecule has 0 aromatic heterocycles. The smallest absolute Gasteiger partial charge is 0.229 e. The fourth-order valence-electron chi connectivity index (χ4n) is 3.57. The maximum atomic E-state index is 12.7. The van der Waals surface area contributed by atoms with Gasteiger partial charge >= 0.3 is 0 Å². The summed E-state index contributed by atoms with van der Waals surface area (Å²) in [5.74, 6) is -0.0582. The molecule has 138 valence electrons. The van der Waals surface area contributed by atoms with Crippen molar-refractivity contribution in [3.8, 4) is 6.07 Å². The van der Waals surface area contributed by atoms with Gasteiger partial charge in [-0.25, -0.2) is 0 Å². The SMILES string of the molecule is CN(C(=O)C1CCC(C(=O)Nc2cccc(C#N)c2)CC1)c1ccccc1. The number of rotatable bonds is 4. The minimum Gasteiger partial charge on any atom is -0.326 e. The Morgan fingerprint density at radius 3 is 2.33 bits per heavy atom. The number of anilines is 2. The zero-order valence-electron chi connectivity index (χ0n) is 15.4. The zero-order valence-corrected chi connectivity index (χ0v) is 15.4. The molecular weight excluding hydrogens is 338 g/mol. The average Bonchev–Trinajstić information content (AvgIpc) is 2.73. The predicted octanol–water partition coefficient (Wildman–Crippen LogP) is 3.97. The van der Waals surface area contributed by atoms with Crippen LogP contribution in [0.3, 0.4) is 0 Å². The molecule has 0 heterocycles. The minimum atomic E-state index is -0.0955. The summed E-state index contributed by atoms with van der Waals surface area (Å²) < 4.78 is 0. The second kappa shape index (κ2) is 8.50. The summed E-state index contributed by atoms with van der Waals surface area (Å²) in [6, 6.07) is 18.6. The van der Waals surface area contributed by atoms with E-state index in [-0.39, 0.29) is 23.7 Å². The number of hydrogen-bond acceptors (Lipinski definition) is 3. The number of para-hydroxylation sites is 1. The first-order valence-corrected chi connectivity index (χ1v) is 9.22. The van der Waals surface area contributed by atoms with Gasteiger partial charge in [-0.1, -0.05) is 24.3 Å². The molecule has 0 atom stereocenters. The van der Waals surface area contributed by atoms with Crippen LogP contribution in [-0.2, 0) is 9.59 Å². The maximum absolute atomic E-state index is 12.7. The third kappa shape index (κ3) is 4.53. The Morgan fingerprint density at radius 2 is 1.67 bits per heavy atom. The zero-order chi connectivity index (χ0) is 19.2. The second-order valence-electron chi connectivity index (χ2n) is 6.96. The lowest BCUT2D eigenvalue weighted by molar-refractivity contribution is -0.126. The maximum Gasteiger partial charge on any atom is 0.229 e. The summed E-state index contributed by atoms with van der Waals surface area (Å²) in [7, 11) is 1.80. The molecule has 0 aliphatic heterocycles. The monoisotopic (exact) mass is 361 g/mol. The van der Waals surface area contributed by atoms with Crippen LogP contribution in [0, 0.1) is 23.2 Å². The Labute approximate surface area is 159 Å². The first kappa shape index (κ1) is 18.7. The van der Waals surface area contributed by atoms with Crippen LogP contribution >= 0.6 is 0 Å². The van der Waals surface area contributed by atoms with Gasteiger partial charge in [-0.05, 0) is 56.0 Å². The van der Waals surface area contributed by atoms with Crippen molar-refractivity contribution < 1.29 is 9.59 Å². The van der Waals surface area contributed by atoms with Gasteiger partial charge < -0.3 is 10.2 Å². The van der Waals surface area contributed by atoms with Crippen LogP contribution in [0.1, 0.15) is 31.2 Å². The van der Waals surface area contributed by atoms with Crippen molar-refractivity contribution in [2.75, 3.05) is 17.3 Å². The fraction of sp³-hybridized carbons (Fsp3) is 0.318. The van der Waals surface area contributed by atoms with Gasteiger partial charge in [0, 0.05) is 30.3 Å². The molecule has 1 aliphatic rings. The summed E-state index contributed by atoms with van der Waals surface area (Å²) >= 11 is 0. The normalized spacial score (nSPS) is 19.0. The summed E-state index contributed by atoms with van der Waals surface area (Å²) in [5, 5.41) is 11.8. The van der Waals surface area contributed by atoms with Gasteiger partial charge in [0.25, 0.3) is 0 Å². The average molecular weight is 361 g/mol. The van der Waals surface area contributed by atoms with E-state index < -0.39 is 0 Å². The Bertz CT molecular complexity index is 849. The molecule has 5 heteroatoms. The third-order valence-corrected chi connectivity index (χ3v) is 5.18. The molecule has 0 spiro atoms. The van der Waals surface area contributed by atoms with Crippen molar-refractivity contribution >= 4 is 23.2 Å². The number of amides is 2. The van der Waals surface area contributed by atoms with E-state index in [9.17, 15) is 9.59 Å². The molecule has 0 radical (unpaired) electrons. The van der Waals surface area contributed by atoms with Crippen molar-refractivity contribution in [3.05, 3.63) is 60.2 Å². The van der Waals surface area contributed by atoms with Gasteiger partial charge in [-0.2, -0.15) is 5.26 Å². The molecule has 1 aliphatic carbocycles. The number of nitrogens with zero attached hydrogens (tertiary/aromatic N) is 2. The van der Waals surface area contributed by atoms with Gasteiger partial charge in [0.05, 0.1) is 11.6 Å². The minimum absolute atomic E-state index is 0.0348. The lowest BCUT2D eigenvalue weighted by Gasteiger charge is -2.30. The highest BCUT2D eigenvalue weighted by molar-refractivity contribution is 5.95. The van der Waals surface area contributed by atoms with Gasteiger partial charge in [0.2, 0.25) is 11.8 Å². The quantitative estimate of drug-likeness (QED) is 0.895. The Balaban J connectivity index is 1.54. The molecule has 0 saturated heterocycles. The first-order chi connectivity index (χ1) is 13.1. The summed E-state index contributed by atoms with van der Waals surface area (Å²) in [6.45, 7) is 0. The van der Waals surface area contributed by atoms with Crippen molar-refractivity contribution in [3.63, 3.8) is 0 Å². The van der Waals surface area contributed by atoms with Crippen LogP contribution in [0.2, 0.25) is 0 Å². The van der Waals surface area contributed by atoms with E-state index in [0.29, 0.717) is 36.9 Å². The van der Waals surface area contributed by atoms with Crippen LogP contribution in [0.15, 0.2) is 54.6 Å². The topological polar surface area (TPSA) is 73.2 Å². The van der Waals surface area contributed by atoms with E-state index in [1.165, 1.54) is 0 Å². The number of hydrogen-bond donors (Lipinski definition) is 1. The van der Waals surface area contributed by atoms with Gasteiger partial charge in [0.15, 0.2) is 0 Å². The fourth-order valence-corrected chi connectivity index (χ4v) is 3.57. The second-order valence-corrected chi connectivity index (χ2v) is 6.96. The molecule has 0 bridgehead atoms. The number of nitriles is 1. The van der Waals surface area contributed by atoms with E-state index in [1.807, 2.05) is 30.3 Å². The third-order valence-electron chi connectivity index (χ3n) is 5.18. The molecule has 0 unspecified atom stereocenters. The van der Waals surface area contributed by atoms with Crippen molar-refractivity contribution in [1.29, 1.82) is 5.26 Å². The Morgan fingerprint density at radius 1 is 1.00 bits per heavy atom. The molecule has 2 aromatic carbocycles. The molecule has 2 aromatic rings. The lowest BCUT2D eigenvalue weighted by atomic mass is 9.81. The molecule has 5 nitrogen and oxygen atoms in total. The Hall–Kier alpha value is -3.13. The summed E-state index contributed by atoms with van der Waals surface area (Å²) in [4.78, 5) is 26.9. The molecular formula is C22H23N3O2. The van der Waals surface area contributed by atoms with E-state index >= 15 is 0 Å². The lowest BCUT2D eigenvalue weighted by Crippen LogP contribution is -2.36. The predicted molar refractivity (Wildman–Crippen MR) is 105 cm³/mol.